The van der Waals surface area contributed by atoms with E-state index >= 15 is 0 Å². The van der Waals surface area contributed by atoms with E-state index in [9.17, 15) is 0 Å². The summed E-state index contributed by atoms with van der Waals surface area (Å²) < 4.78 is 0. The molecule has 0 amide bonds. The Hall–Kier alpha value is -0.300. The minimum atomic E-state index is 0.621. The fraction of sp³-hybridized carbons (Fsp3) is 0.400. The highest BCUT2D eigenvalue weighted by atomic mass is 79.9. The number of halogens is 1. The molecule has 60 valence electrons. The number of hydrogen-bond acceptors (Lipinski definition) is 0. The average molecular weight is 213 g/mol. The highest BCUT2D eigenvalue weighted by Gasteiger charge is 2.01. The predicted octanol–water partition coefficient (Wildman–Crippen LogP) is 3.49. The van der Waals surface area contributed by atoms with Gasteiger partial charge in [0.15, 0.2) is 0 Å². The second-order valence-electron chi connectivity index (χ2n) is 2.97. The fourth-order valence-electron chi connectivity index (χ4n) is 0.984. The van der Waals surface area contributed by atoms with Crippen molar-refractivity contribution < 1.29 is 0 Å². The molecule has 0 fully saturated rings. The zero-order chi connectivity index (χ0) is 8.27. The summed E-state index contributed by atoms with van der Waals surface area (Å²) in [4.78, 5) is 0. The van der Waals surface area contributed by atoms with Gasteiger partial charge in [-0.2, -0.15) is 0 Å². The van der Waals surface area contributed by atoms with Crippen molar-refractivity contribution in [3.05, 3.63) is 35.4 Å². The van der Waals surface area contributed by atoms with E-state index in [1.807, 2.05) is 0 Å². The fourth-order valence-corrected chi connectivity index (χ4v) is 1.36. The molecule has 1 rings (SSSR count). The van der Waals surface area contributed by atoms with Crippen LogP contribution in [0.5, 0.6) is 0 Å². The number of alkyl halides is 1. The molecule has 1 aromatic rings. The third-order valence-corrected chi connectivity index (χ3v) is 2.85. The Balaban J connectivity index is 2.81. The maximum absolute atomic E-state index is 3.47. The first-order valence-corrected chi connectivity index (χ1v) is 4.98. The van der Waals surface area contributed by atoms with Gasteiger partial charge in [-0.05, 0) is 18.4 Å². The van der Waals surface area contributed by atoms with Gasteiger partial charge in [-0.25, -0.2) is 0 Å². The summed E-state index contributed by atoms with van der Waals surface area (Å²) in [6.45, 7) is 4.34. The van der Waals surface area contributed by atoms with Gasteiger partial charge in [0.2, 0.25) is 0 Å². The van der Waals surface area contributed by atoms with E-state index in [2.05, 4.69) is 54.0 Å². The lowest BCUT2D eigenvalue weighted by Gasteiger charge is -2.07. The van der Waals surface area contributed by atoms with Crippen molar-refractivity contribution in [2.75, 3.05) is 5.33 Å². The Morgan fingerprint density at radius 1 is 1.27 bits per heavy atom. The second-order valence-corrected chi connectivity index (χ2v) is 3.61. The Morgan fingerprint density at radius 2 is 1.82 bits per heavy atom. The van der Waals surface area contributed by atoms with Crippen LogP contribution in [0.2, 0.25) is 0 Å². The van der Waals surface area contributed by atoms with Crippen LogP contribution < -0.4 is 0 Å². The first-order chi connectivity index (χ1) is 5.24. The minimum Gasteiger partial charge on any atom is -0.0922 e. The molecular formula is C10H13Br. The van der Waals surface area contributed by atoms with Gasteiger partial charge in [0.1, 0.15) is 0 Å². The largest absolute Gasteiger partial charge is 0.0922 e. The number of aryl methyl sites for hydroxylation is 1. The molecule has 0 spiro atoms. The zero-order valence-corrected chi connectivity index (χ0v) is 8.56. The van der Waals surface area contributed by atoms with Gasteiger partial charge in [0.05, 0.1) is 0 Å². The maximum Gasteiger partial charge on any atom is 0.00975 e. The standard InChI is InChI=1S/C10H13Br/c1-8-3-5-10(6-4-8)9(2)7-11/h3-6,9H,7H2,1-2H3/t9-/m0/s1. The minimum absolute atomic E-state index is 0.621. The lowest BCUT2D eigenvalue weighted by Crippen LogP contribution is -1.93. The van der Waals surface area contributed by atoms with Crippen molar-refractivity contribution in [2.24, 2.45) is 0 Å². The Labute approximate surface area is 76.8 Å². The molecule has 0 bridgehead atoms. The van der Waals surface area contributed by atoms with Crippen molar-refractivity contribution in [2.45, 2.75) is 19.8 Å². The van der Waals surface area contributed by atoms with E-state index in [1.165, 1.54) is 11.1 Å². The average Bonchev–Trinajstić information content (AvgIpc) is 2.05. The molecule has 11 heavy (non-hydrogen) atoms. The van der Waals surface area contributed by atoms with Crippen LogP contribution in [0, 0.1) is 6.92 Å². The third kappa shape index (κ3) is 2.33. The molecule has 0 aliphatic rings. The van der Waals surface area contributed by atoms with Crippen molar-refractivity contribution in [1.82, 2.24) is 0 Å². The summed E-state index contributed by atoms with van der Waals surface area (Å²) >= 11 is 3.47. The summed E-state index contributed by atoms with van der Waals surface area (Å²) in [7, 11) is 0. The van der Waals surface area contributed by atoms with Gasteiger partial charge in [-0.15, -0.1) is 0 Å². The monoisotopic (exact) mass is 212 g/mol. The molecule has 0 N–H and O–H groups in total. The summed E-state index contributed by atoms with van der Waals surface area (Å²) in [5.41, 5.74) is 2.74. The number of benzene rings is 1. The second kappa shape index (κ2) is 3.91. The quantitative estimate of drug-likeness (QED) is 0.659. The SMILES string of the molecule is Cc1ccc([C@@H](C)CBr)cc1. The first kappa shape index (κ1) is 8.79. The molecule has 0 radical (unpaired) electrons. The van der Waals surface area contributed by atoms with Crippen molar-refractivity contribution in [3.8, 4) is 0 Å². The topological polar surface area (TPSA) is 0 Å². The van der Waals surface area contributed by atoms with Gasteiger partial charge in [-0.3, -0.25) is 0 Å². The van der Waals surface area contributed by atoms with E-state index in [-0.39, 0.29) is 0 Å². The molecule has 1 heteroatoms. The van der Waals surface area contributed by atoms with E-state index < -0.39 is 0 Å². The van der Waals surface area contributed by atoms with E-state index in [0.717, 1.165) is 5.33 Å². The molecular weight excluding hydrogens is 200 g/mol. The summed E-state index contributed by atoms with van der Waals surface area (Å²) in [5.74, 6) is 0.621. The van der Waals surface area contributed by atoms with Crippen molar-refractivity contribution in [1.29, 1.82) is 0 Å². The van der Waals surface area contributed by atoms with Crippen molar-refractivity contribution >= 4 is 15.9 Å². The molecule has 0 unspecified atom stereocenters. The summed E-state index contributed by atoms with van der Waals surface area (Å²) in [5, 5.41) is 1.04. The molecule has 0 heterocycles. The van der Waals surface area contributed by atoms with Crippen LogP contribution in [0.15, 0.2) is 24.3 Å². The van der Waals surface area contributed by atoms with Crippen LogP contribution in [0.4, 0.5) is 0 Å². The van der Waals surface area contributed by atoms with Crippen LogP contribution in [-0.2, 0) is 0 Å². The van der Waals surface area contributed by atoms with Gasteiger partial charge in [0, 0.05) is 5.33 Å². The number of hydrogen-bond donors (Lipinski definition) is 0. The molecule has 0 nitrogen and oxygen atoms in total. The van der Waals surface area contributed by atoms with Crippen molar-refractivity contribution in [3.63, 3.8) is 0 Å². The molecule has 0 saturated carbocycles. The summed E-state index contributed by atoms with van der Waals surface area (Å²) in [6, 6.07) is 8.71. The van der Waals surface area contributed by atoms with E-state index in [1.54, 1.807) is 0 Å². The molecule has 1 aromatic carbocycles. The first-order valence-electron chi connectivity index (χ1n) is 3.86. The Bertz CT molecular complexity index is 213. The normalized spacial score (nSPS) is 13.0. The van der Waals surface area contributed by atoms with Gasteiger partial charge in [0.25, 0.3) is 0 Å². The molecule has 0 aliphatic carbocycles. The molecule has 0 aromatic heterocycles. The lowest BCUT2D eigenvalue weighted by molar-refractivity contribution is 0.887. The van der Waals surface area contributed by atoms with Crippen LogP contribution in [0.1, 0.15) is 24.0 Å². The van der Waals surface area contributed by atoms with E-state index in [4.69, 9.17) is 0 Å². The molecule has 0 aliphatic heterocycles. The van der Waals surface area contributed by atoms with E-state index in [0.29, 0.717) is 5.92 Å². The highest BCUT2D eigenvalue weighted by Crippen LogP contribution is 2.17. The Kier molecular flexibility index (Phi) is 3.13. The van der Waals surface area contributed by atoms with Gasteiger partial charge >= 0.3 is 0 Å². The van der Waals surface area contributed by atoms with Crippen LogP contribution in [0.3, 0.4) is 0 Å². The lowest BCUT2D eigenvalue weighted by atomic mass is 10.0. The Morgan fingerprint density at radius 3 is 2.27 bits per heavy atom. The highest BCUT2D eigenvalue weighted by molar-refractivity contribution is 9.09. The number of rotatable bonds is 2. The van der Waals surface area contributed by atoms with Gasteiger partial charge < -0.3 is 0 Å². The van der Waals surface area contributed by atoms with Crippen LogP contribution >= 0.6 is 15.9 Å². The molecule has 0 saturated heterocycles. The third-order valence-electron chi connectivity index (χ3n) is 1.88. The van der Waals surface area contributed by atoms with Crippen LogP contribution in [0.25, 0.3) is 0 Å². The van der Waals surface area contributed by atoms with Gasteiger partial charge in [-0.1, -0.05) is 52.7 Å². The zero-order valence-electron chi connectivity index (χ0n) is 6.97. The molecule has 1 atom stereocenters. The smallest absolute Gasteiger partial charge is 0.00975 e. The summed E-state index contributed by atoms with van der Waals surface area (Å²) in [6.07, 6.45) is 0. The maximum atomic E-state index is 3.47. The predicted molar refractivity (Wildman–Crippen MR) is 53.4 cm³/mol. The van der Waals surface area contributed by atoms with Crippen LogP contribution in [-0.4, -0.2) is 5.33 Å².